The van der Waals surface area contributed by atoms with E-state index < -0.39 is 0 Å². The average Bonchev–Trinajstić information content (AvgIpc) is 3.42. The number of thiophene rings is 1. The number of nitrogens with one attached hydrogen (secondary N) is 1. The van der Waals surface area contributed by atoms with Gasteiger partial charge < -0.3 is 5.32 Å². The minimum absolute atomic E-state index is 0.0246. The molecule has 1 atom stereocenters. The quantitative estimate of drug-likeness (QED) is 0.444. The zero-order valence-electron chi connectivity index (χ0n) is 16.0. The number of aromatic nitrogens is 2. The lowest BCUT2D eigenvalue weighted by atomic mass is 10.1. The number of nitrogens with zero attached hydrogens (tertiary/aromatic N) is 2. The Morgan fingerprint density at radius 1 is 1.32 bits per heavy atom. The number of carbonyl (C=O) groups is 1. The molecule has 0 radical (unpaired) electrons. The number of hydrogen-bond acceptors (Lipinski definition) is 5. The SMILES string of the molecule is CCc1ccccc1NC(=O)C(CC)Sc1nc2ccsc2c(=O)n1C1CC1. The summed E-state index contributed by atoms with van der Waals surface area (Å²) in [7, 11) is 0. The lowest BCUT2D eigenvalue weighted by Crippen LogP contribution is -2.28. The Morgan fingerprint density at radius 2 is 2.11 bits per heavy atom. The molecule has 5 nitrogen and oxygen atoms in total. The van der Waals surface area contributed by atoms with Crippen molar-refractivity contribution in [1.82, 2.24) is 9.55 Å². The van der Waals surface area contributed by atoms with Crippen molar-refractivity contribution in [1.29, 1.82) is 0 Å². The van der Waals surface area contributed by atoms with Gasteiger partial charge in [0.25, 0.3) is 5.56 Å². The van der Waals surface area contributed by atoms with E-state index >= 15 is 0 Å². The highest BCUT2D eigenvalue weighted by Gasteiger charge is 2.31. The van der Waals surface area contributed by atoms with Crippen LogP contribution in [0.4, 0.5) is 5.69 Å². The van der Waals surface area contributed by atoms with Gasteiger partial charge in [0.05, 0.1) is 10.8 Å². The number of benzene rings is 1. The van der Waals surface area contributed by atoms with E-state index in [-0.39, 0.29) is 22.8 Å². The molecule has 1 amide bonds. The van der Waals surface area contributed by atoms with Gasteiger partial charge in [0.15, 0.2) is 5.16 Å². The van der Waals surface area contributed by atoms with Gasteiger partial charge in [-0.1, -0.05) is 43.8 Å². The number of aryl methyl sites for hydroxylation is 1. The highest BCUT2D eigenvalue weighted by atomic mass is 32.2. The van der Waals surface area contributed by atoms with Crippen molar-refractivity contribution in [2.45, 2.75) is 56.0 Å². The molecule has 2 heterocycles. The normalized spacial score (nSPS) is 14.9. The lowest BCUT2D eigenvalue weighted by Gasteiger charge is -2.18. The first-order chi connectivity index (χ1) is 13.6. The Labute approximate surface area is 172 Å². The van der Waals surface area contributed by atoms with Gasteiger partial charge in [-0.05, 0) is 48.8 Å². The molecular weight excluding hydrogens is 390 g/mol. The Morgan fingerprint density at radius 3 is 2.82 bits per heavy atom. The molecule has 1 aromatic carbocycles. The van der Waals surface area contributed by atoms with Gasteiger partial charge >= 0.3 is 0 Å². The molecule has 0 saturated heterocycles. The molecule has 4 rings (SSSR count). The van der Waals surface area contributed by atoms with E-state index in [4.69, 9.17) is 4.98 Å². The number of rotatable bonds is 7. The summed E-state index contributed by atoms with van der Waals surface area (Å²) in [4.78, 5) is 30.6. The second kappa shape index (κ2) is 8.09. The third-order valence-electron chi connectivity index (χ3n) is 4.96. The first kappa shape index (κ1) is 19.2. The van der Waals surface area contributed by atoms with Crippen LogP contribution in [0.1, 0.15) is 44.7 Å². The molecular formula is C21H23N3O2S2. The Kier molecular flexibility index (Phi) is 5.55. The van der Waals surface area contributed by atoms with Crippen molar-refractivity contribution in [3.8, 4) is 0 Å². The Balaban J connectivity index is 1.62. The fraction of sp³-hybridized carbons (Fsp3) is 0.381. The second-order valence-corrected chi connectivity index (χ2v) is 9.04. The molecule has 0 bridgehead atoms. The largest absolute Gasteiger partial charge is 0.325 e. The van der Waals surface area contributed by atoms with Crippen LogP contribution in [-0.2, 0) is 11.2 Å². The predicted octanol–water partition coefficient (Wildman–Crippen LogP) is 4.86. The van der Waals surface area contributed by atoms with Crippen LogP contribution in [0.2, 0.25) is 0 Å². The van der Waals surface area contributed by atoms with Gasteiger partial charge in [-0.25, -0.2) is 4.98 Å². The summed E-state index contributed by atoms with van der Waals surface area (Å²) in [6.45, 7) is 4.07. The molecule has 0 aliphatic heterocycles. The Hall–Kier alpha value is -2.12. The first-order valence-corrected chi connectivity index (χ1v) is 11.4. The van der Waals surface area contributed by atoms with Crippen LogP contribution in [0.25, 0.3) is 10.2 Å². The second-order valence-electron chi connectivity index (χ2n) is 6.95. The number of hydrogen-bond donors (Lipinski definition) is 1. The average molecular weight is 414 g/mol. The molecule has 2 aromatic heterocycles. The topological polar surface area (TPSA) is 64.0 Å². The highest BCUT2D eigenvalue weighted by molar-refractivity contribution is 8.00. The van der Waals surface area contributed by atoms with E-state index in [2.05, 4.69) is 12.2 Å². The van der Waals surface area contributed by atoms with Gasteiger partial charge in [0.2, 0.25) is 5.91 Å². The van der Waals surface area contributed by atoms with Crippen molar-refractivity contribution in [3.05, 3.63) is 51.6 Å². The van der Waals surface area contributed by atoms with Gasteiger partial charge in [0.1, 0.15) is 4.70 Å². The van der Waals surface area contributed by atoms with Crippen LogP contribution in [0, 0.1) is 0 Å². The van der Waals surface area contributed by atoms with Crippen LogP contribution in [-0.4, -0.2) is 20.7 Å². The standard InChI is InChI=1S/C21H23N3O2S2/c1-3-13-7-5-6-8-15(13)22-19(25)17(4-2)28-21-23-16-11-12-27-18(16)20(26)24(21)14-9-10-14/h5-8,11-12,14,17H,3-4,9-10H2,1-2H3,(H,22,25). The fourth-order valence-electron chi connectivity index (χ4n) is 3.25. The van der Waals surface area contributed by atoms with E-state index in [9.17, 15) is 9.59 Å². The van der Waals surface area contributed by atoms with E-state index in [1.165, 1.54) is 23.1 Å². The van der Waals surface area contributed by atoms with Crippen LogP contribution in [0.3, 0.4) is 0 Å². The monoisotopic (exact) mass is 413 g/mol. The third kappa shape index (κ3) is 3.73. The van der Waals surface area contributed by atoms with Crippen LogP contribution < -0.4 is 10.9 Å². The molecule has 3 aromatic rings. The smallest absolute Gasteiger partial charge is 0.272 e. The van der Waals surface area contributed by atoms with Crippen molar-refractivity contribution >= 4 is 44.9 Å². The predicted molar refractivity (Wildman–Crippen MR) is 117 cm³/mol. The molecule has 1 saturated carbocycles. The maximum atomic E-state index is 13.0. The molecule has 1 N–H and O–H groups in total. The third-order valence-corrected chi connectivity index (χ3v) is 7.18. The van der Waals surface area contributed by atoms with Gasteiger partial charge in [-0.3, -0.25) is 14.2 Å². The summed E-state index contributed by atoms with van der Waals surface area (Å²) in [5.74, 6) is -0.0459. The van der Waals surface area contributed by atoms with Crippen LogP contribution in [0.5, 0.6) is 0 Å². The summed E-state index contributed by atoms with van der Waals surface area (Å²) in [6, 6.07) is 9.97. The van der Waals surface area contributed by atoms with Gasteiger partial charge in [-0.15, -0.1) is 11.3 Å². The molecule has 1 aliphatic rings. The van der Waals surface area contributed by atoms with Crippen molar-refractivity contribution in [2.75, 3.05) is 5.32 Å². The summed E-state index contributed by atoms with van der Waals surface area (Å²) in [5.41, 5.74) is 2.72. The molecule has 28 heavy (non-hydrogen) atoms. The highest BCUT2D eigenvalue weighted by Crippen LogP contribution is 2.38. The zero-order valence-corrected chi connectivity index (χ0v) is 17.6. The number of anilines is 1. The fourth-order valence-corrected chi connectivity index (χ4v) is 5.11. The molecule has 1 aliphatic carbocycles. The number of amides is 1. The lowest BCUT2D eigenvalue weighted by molar-refractivity contribution is -0.115. The summed E-state index contributed by atoms with van der Waals surface area (Å²) in [6.07, 6.45) is 3.52. The summed E-state index contributed by atoms with van der Waals surface area (Å²) in [5, 5.41) is 5.32. The summed E-state index contributed by atoms with van der Waals surface area (Å²) < 4.78 is 2.50. The molecule has 0 spiro atoms. The van der Waals surface area contributed by atoms with Gasteiger partial charge in [0, 0.05) is 11.7 Å². The molecule has 146 valence electrons. The van der Waals surface area contributed by atoms with E-state index in [0.717, 1.165) is 36.0 Å². The Bertz CT molecular complexity index is 1070. The van der Waals surface area contributed by atoms with E-state index in [1.54, 1.807) is 4.57 Å². The number of fused-ring (bicyclic) bond motifs is 1. The van der Waals surface area contributed by atoms with Crippen molar-refractivity contribution < 1.29 is 4.79 Å². The van der Waals surface area contributed by atoms with Crippen LogP contribution >= 0.6 is 23.1 Å². The minimum Gasteiger partial charge on any atom is -0.325 e. The molecule has 1 unspecified atom stereocenters. The zero-order chi connectivity index (χ0) is 19.7. The van der Waals surface area contributed by atoms with E-state index in [1.807, 2.05) is 42.6 Å². The number of thioether (sulfide) groups is 1. The van der Waals surface area contributed by atoms with Gasteiger partial charge in [-0.2, -0.15) is 0 Å². The summed E-state index contributed by atoms with van der Waals surface area (Å²) >= 11 is 2.84. The number of para-hydroxylation sites is 1. The van der Waals surface area contributed by atoms with E-state index in [0.29, 0.717) is 16.3 Å². The molecule has 7 heteroatoms. The number of carbonyl (C=O) groups excluding carboxylic acids is 1. The van der Waals surface area contributed by atoms with Crippen molar-refractivity contribution in [3.63, 3.8) is 0 Å². The maximum Gasteiger partial charge on any atom is 0.272 e. The maximum absolute atomic E-state index is 13.0. The first-order valence-electron chi connectivity index (χ1n) is 9.67. The molecule has 1 fully saturated rings. The van der Waals surface area contributed by atoms with Crippen molar-refractivity contribution in [2.24, 2.45) is 0 Å². The van der Waals surface area contributed by atoms with Crippen LogP contribution in [0.15, 0.2) is 45.7 Å². The minimum atomic E-state index is -0.308.